The molecule has 0 amide bonds. The third kappa shape index (κ3) is 2.81. The lowest BCUT2D eigenvalue weighted by molar-refractivity contribution is -0.117. The summed E-state index contributed by atoms with van der Waals surface area (Å²) < 4.78 is 1.85. The topological polar surface area (TPSA) is 34.9 Å². The highest BCUT2D eigenvalue weighted by Crippen LogP contribution is 2.20. The van der Waals surface area contributed by atoms with Crippen LogP contribution in [0.4, 0.5) is 0 Å². The fourth-order valence-corrected chi connectivity index (χ4v) is 1.87. The van der Waals surface area contributed by atoms with E-state index in [9.17, 15) is 4.79 Å². The summed E-state index contributed by atoms with van der Waals surface area (Å²) in [5.74, 6) is 0.189. The second-order valence-electron chi connectivity index (χ2n) is 4.33. The average molecular weight is 228 g/mol. The van der Waals surface area contributed by atoms with Gasteiger partial charge in [-0.15, -0.1) is 0 Å². The molecule has 0 saturated carbocycles. The molecule has 0 radical (unpaired) electrons. The number of carbonyl (C=O) groups is 1. The molecule has 1 unspecified atom stereocenters. The average Bonchev–Trinajstić information content (AvgIpc) is 2.78. The van der Waals surface area contributed by atoms with Crippen molar-refractivity contribution in [2.75, 3.05) is 0 Å². The maximum Gasteiger partial charge on any atom is 0.131 e. The maximum atomic E-state index is 11.1. The van der Waals surface area contributed by atoms with Gasteiger partial charge in [0.1, 0.15) is 5.78 Å². The van der Waals surface area contributed by atoms with E-state index in [1.54, 1.807) is 6.92 Å². The Morgan fingerprint density at radius 1 is 1.29 bits per heavy atom. The lowest BCUT2D eigenvalue weighted by Crippen LogP contribution is -2.09. The lowest BCUT2D eigenvalue weighted by Gasteiger charge is -2.09. The Hall–Kier alpha value is -1.90. The summed E-state index contributed by atoms with van der Waals surface area (Å²) in [7, 11) is 0. The van der Waals surface area contributed by atoms with Crippen molar-refractivity contribution < 1.29 is 4.79 Å². The van der Waals surface area contributed by atoms with Crippen molar-refractivity contribution in [3.63, 3.8) is 0 Å². The SMILES string of the molecule is CC(=O)CC(C)n1cc(-c2ccccc2)cn1. The molecule has 1 heterocycles. The molecule has 0 aliphatic carbocycles. The van der Waals surface area contributed by atoms with Crippen molar-refractivity contribution in [1.82, 2.24) is 9.78 Å². The van der Waals surface area contributed by atoms with Crippen molar-refractivity contribution in [3.8, 4) is 11.1 Å². The van der Waals surface area contributed by atoms with Gasteiger partial charge in [0, 0.05) is 18.2 Å². The Balaban J connectivity index is 2.19. The van der Waals surface area contributed by atoms with Gasteiger partial charge >= 0.3 is 0 Å². The third-order valence-electron chi connectivity index (χ3n) is 2.74. The summed E-state index contributed by atoms with van der Waals surface area (Å²) in [6, 6.07) is 10.2. The van der Waals surface area contributed by atoms with Crippen LogP contribution >= 0.6 is 0 Å². The van der Waals surface area contributed by atoms with E-state index >= 15 is 0 Å². The van der Waals surface area contributed by atoms with Gasteiger partial charge in [0.25, 0.3) is 0 Å². The molecule has 1 aromatic carbocycles. The van der Waals surface area contributed by atoms with Crippen LogP contribution in [0.1, 0.15) is 26.3 Å². The van der Waals surface area contributed by atoms with Crippen LogP contribution in [0.15, 0.2) is 42.7 Å². The van der Waals surface area contributed by atoms with E-state index < -0.39 is 0 Å². The molecule has 17 heavy (non-hydrogen) atoms. The third-order valence-corrected chi connectivity index (χ3v) is 2.74. The first kappa shape index (κ1) is 11.6. The summed E-state index contributed by atoms with van der Waals surface area (Å²) in [5.41, 5.74) is 2.23. The van der Waals surface area contributed by atoms with E-state index in [0.29, 0.717) is 6.42 Å². The Kier molecular flexibility index (Phi) is 3.38. The number of Topliss-reactive ketones (excluding diaryl/α,β-unsaturated/α-hetero) is 1. The number of ketones is 1. The van der Waals surface area contributed by atoms with Gasteiger partial charge in [0.05, 0.1) is 12.2 Å². The second-order valence-corrected chi connectivity index (χ2v) is 4.33. The number of rotatable bonds is 4. The quantitative estimate of drug-likeness (QED) is 0.806. The van der Waals surface area contributed by atoms with E-state index in [2.05, 4.69) is 17.2 Å². The van der Waals surface area contributed by atoms with Gasteiger partial charge < -0.3 is 0 Å². The van der Waals surface area contributed by atoms with E-state index in [1.165, 1.54) is 0 Å². The molecule has 2 aromatic rings. The lowest BCUT2D eigenvalue weighted by atomic mass is 10.1. The van der Waals surface area contributed by atoms with Crippen molar-refractivity contribution in [2.45, 2.75) is 26.3 Å². The monoisotopic (exact) mass is 228 g/mol. The van der Waals surface area contributed by atoms with Gasteiger partial charge in [0.15, 0.2) is 0 Å². The van der Waals surface area contributed by atoms with Gasteiger partial charge in [-0.25, -0.2) is 0 Å². The Morgan fingerprint density at radius 2 is 2.00 bits per heavy atom. The van der Waals surface area contributed by atoms with Gasteiger partial charge in [-0.3, -0.25) is 9.48 Å². The zero-order chi connectivity index (χ0) is 12.3. The normalized spacial score (nSPS) is 12.4. The summed E-state index contributed by atoms with van der Waals surface area (Å²) in [5, 5.41) is 4.31. The van der Waals surface area contributed by atoms with E-state index in [-0.39, 0.29) is 11.8 Å². The van der Waals surface area contributed by atoms with Crippen LogP contribution < -0.4 is 0 Å². The fourth-order valence-electron chi connectivity index (χ4n) is 1.87. The summed E-state index contributed by atoms with van der Waals surface area (Å²) in [4.78, 5) is 11.1. The molecule has 1 atom stereocenters. The van der Waals surface area contributed by atoms with E-state index in [1.807, 2.05) is 42.2 Å². The molecule has 0 spiro atoms. The van der Waals surface area contributed by atoms with Crippen LogP contribution in [0.5, 0.6) is 0 Å². The molecule has 2 rings (SSSR count). The van der Waals surface area contributed by atoms with Crippen LogP contribution in [-0.4, -0.2) is 15.6 Å². The molecule has 0 N–H and O–H groups in total. The number of carbonyl (C=O) groups excluding carboxylic acids is 1. The molecule has 1 aromatic heterocycles. The highest BCUT2D eigenvalue weighted by Gasteiger charge is 2.09. The van der Waals surface area contributed by atoms with Crippen molar-refractivity contribution in [2.24, 2.45) is 0 Å². The minimum Gasteiger partial charge on any atom is -0.300 e. The van der Waals surface area contributed by atoms with E-state index in [0.717, 1.165) is 11.1 Å². The molecule has 0 fully saturated rings. The standard InChI is InChI=1S/C14H16N2O/c1-11(8-12(2)17)16-10-14(9-15-16)13-6-4-3-5-7-13/h3-7,9-11H,8H2,1-2H3. The fraction of sp³-hybridized carbons (Fsp3) is 0.286. The van der Waals surface area contributed by atoms with Crippen molar-refractivity contribution >= 4 is 5.78 Å². The number of benzene rings is 1. The van der Waals surface area contributed by atoms with Crippen LogP contribution in [0.25, 0.3) is 11.1 Å². The van der Waals surface area contributed by atoms with E-state index in [4.69, 9.17) is 0 Å². The number of aromatic nitrogens is 2. The Morgan fingerprint density at radius 3 is 2.65 bits per heavy atom. The minimum absolute atomic E-state index is 0.116. The molecule has 88 valence electrons. The number of hydrogen-bond acceptors (Lipinski definition) is 2. The predicted octanol–water partition coefficient (Wildman–Crippen LogP) is 3.09. The highest BCUT2D eigenvalue weighted by atomic mass is 16.1. The molecule has 3 nitrogen and oxygen atoms in total. The van der Waals surface area contributed by atoms with Crippen LogP contribution in [0, 0.1) is 0 Å². The zero-order valence-corrected chi connectivity index (χ0v) is 10.1. The summed E-state index contributed by atoms with van der Waals surface area (Å²) >= 11 is 0. The first-order valence-corrected chi connectivity index (χ1v) is 5.76. The van der Waals surface area contributed by atoms with Gasteiger partial charge in [-0.2, -0.15) is 5.10 Å². The Labute approximate surface area is 101 Å². The smallest absolute Gasteiger partial charge is 0.131 e. The molecule has 0 saturated heterocycles. The van der Waals surface area contributed by atoms with Crippen molar-refractivity contribution in [1.29, 1.82) is 0 Å². The Bertz CT molecular complexity index is 502. The van der Waals surface area contributed by atoms with Crippen LogP contribution in [0.2, 0.25) is 0 Å². The van der Waals surface area contributed by atoms with Crippen LogP contribution in [-0.2, 0) is 4.79 Å². The zero-order valence-electron chi connectivity index (χ0n) is 10.1. The van der Waals surface area contributed by atoms with Gasteiger partial charge in [0.2, 0.25) is 0 Å². The minimum atomic E-state index is 0.116. The number of nitrogens with zero attached hydrogens (tertiary/aromatic N) is 2. The van der Waals surface area contributed by atoms with Crippen LogP contribution in [0.3, 0.4) is 0 Å². The molecule has 3 heteroatoms. The first-order chi connectivity index (χ1) is 8.16. The molecular weight excluding hydrogens is 212 g/mol. The highest BCUT2D eigenvalue weighted by molar-refractivity contribution is 5.75. The first-order valence-electron chi connectivity index (χ1n) is 5.76. The second kappa shape index (κ2) is 4.95. The molecule has 0 aliphatic heterocycles. The number of hydrogen-bond donors (Lipinski definition) is 0. The summed E-state index contributed by atoms with van der Waals surface area (Å²) in [6.45, 7) is 3.61. The molecular formula is C14H16N2O. The molecule has 0 aliphatic rings. The largest absolute Gasteiger partial charge is 0.300 e. The van der Waals surface area contributed by atoms with Crippen molar-refractivity contribution in [3.05, 3.63) is 42.7 Å². The predicted molar refractivity (Wildman–Crippen MR) is 67.7 cm³/mol. The molecule has 0 bridgehead atoms. The van der Waals surface area contributed by atoms with Gasteiger partial charge in [-0.1, -0.05) is 30.3 Å². The maximum absolute atomic E-state index is 11.1. The summed E-state index contributed by atoms with van der Waals surface area (Å²) in [6.07, 6.45) is 4.35. The van der Waals surface area contributed by atoms with Gasteiger partial charge in [-0.05, 0) is 19.4 Å².